The van der Waals surface area contributed by atoms with Crippen molar-refractivity contribution >= 4 is 11.8 Å². The molecule has 3 aromatic rings. The highest BCUT2D eigenvalue weighted by Crippen LogP contribution is 2.27. The largest absolute Gasteiger partial charge is 0.492 e. The van der Waals surface area contributed by atoms with E-state index in [0.29, 0.717) is 24.5 Å². The number of aromatic nitrogens is 4. The molecule has 2 aromatic heterocycles. The molecule has 9 heteroatoms. The molecule has 158 valence electrons. The van der Waals surface area contributed by atoms with Gasteiger partial charge in [-0.3, -0.25) is 9.58 Å². The lowest BCUT2D eigenvalue weighted by atomic mass is 10.0. The molecule has 3 heterocycles. The average molecular weight is 409 g/mol. The first kappa shape index (κ1) is 20.1. The summed E-state index contributed by atoms with van der Waals surface area (Å²) in [5, 5.41) is 4.57. The van der Waals surface area contributed by atoms with E-state index in [4.69, 9.17) is 20.9 Å². The van der Waals surface area contributed by atoms with E-state index in [1.54, 1.807) is 10.7 Å². The topological polar surface area (TPSA) is 117 Å². The maximum atomic E-state index is 6.13. The highest BCUT2D eigenvalue weighted by Gasteiger charge is 2.16. The first-order chi connectivity index (χ1) is 14.6. The van der Waals surface area contributed by atoms with Crippen molar-refractivity contribution in [1.29, 1.82) is 0 Å². The zero-order valence-corrected chi connectivity index (χ0v) is 17.1. The average Bonchev–Trinajstić information content (AvgIpc) is 3.09. The molecule has 1 saturated heterocycles. The summed E-state index contributed by atoms with van der Waals surface area (Å²) in [6, 6.07) is 9.77. The SMILES string of the molecule is Cn1cc(Cc2ccccc2OCCN2CCOCC2)c(-c2cc(N)nc(N)n2)n1. The minimum atomic E-state index is 0.133. The van der Waals surface area contributed by atoms with Gasteiger partial charge in [0.25, 0.3) is 0 Å². The summed E-state index contributed by atoms with van der Waals surface area (Å²) in [4.78, 5) is 10.6. The molecule has 0 unspecified atom stereocenters. The summed E-state index contributed by atoms with van der Waals surface area (Å²) in [6.45, 7) is 5.01. The first-order valence-corrected chi connectivity index (χ1v) is 10.0. The molecule has 1 aromatic carbocycles. The van der Waals surface area contributed by atoms with Crippen LogP contribution >= 0.6 is 0 Å². The number of para-hydroxylation sites is 1. The van der Waals surface area contributed by atoms with Crippen LogP contribution in [0.3, 0.4) is 0 Å². The third kappa shape index (κ3) is 4.87. The van der Waals surface area contributed by atoms with Crippen LogP contribution in [0.4, 0.5) is 11.8 Å². The lowest BCUT2D eigenvalue weighted by molar-refractivity contribution is 0.0322. The number of morpholine rings is 1. The van der Waals surface area contributed by atoms with Gasteiger partial charge in [-0.25, -0.2) is 4.98 Å². The summed E-state index contributed by atoms with van der Waals surface area (Å²) in [5.74, 6) is 1.33. The van der Waals surface area contributed by atoms with E-state index in [1.165, 1.54) is 0 Å². The van der Waals surface area contributed by atoms with E-state index >= 15 is 0 Å². The first-order valence-electron chi connectivity index (χ1n) is 10.0. The fourth-order valence-corrected chi connectivity index (χ4v) is 3.59. The molecule has 1 aliphatic heterocycles. The second-order valence-corrected chi connectivity index (χ2v) is 7.30. The molecule has 0 aliphatic carbocycles. The number of nitrogens with zero attached hydrogens (tertiary/aromatic N) is 5. The van der Waals surface area contributed by atoms with E-state index in [1.807, 2.05) is 31.4 Å². The number of benzene rings is 1. The molecule has 0 amide bonds. The van der Waals surface area contributed by atoms with Crippen LogP contribution < -0.4 is 16.2 Å². The summed E-state index contributed by atoms with van der Waals surface area (Å²) in [7, 11) is 1.88. The van der Waals surface area contributed by atoms with Crippen LogP contribution in [0.2, 0.25) is 0 Å². The molecule has 0 atom stereocenters. The van der Waals surface area contributed by atoms with E-state index in [9.17, 15) is 0 Å². The Labute approximate surface area is 175 Å². The molecule has 1 aliphatic rings. The van der Waals surface area contributed by atoms with Gasteiger partial charge < -0.3 is 20.9 Å². The number of ether oxygens (including phenoxy) is 2. The molecular formula is C21H27N7O2. The van der Waals surface area contributed by atoms with Crippen molar-refractivity contribution in [2.24, 2.45) is 7.05 Å². The van der Waals surface area contributed by atoms with Crippen molar-refractivity contribution < 1.29 is 9.47 Å². The Morgan fingerprint density at radius 2 is 1.90 bits per heavy atom. The minimum Gasteiger partial charge on any atom is -0.492 e. The molecule has 4 N–H and O–H groups in total. The molecule has 0 spiro atoms. The number of hydrogen-bond acceptors (Lipinski definition) is 8. The van der Waals surface area contributed by atoms with Crippen LogP contribution in [0.5, 0.6) is 5.75 Å². The number of hydrogen-bond donors (Lipinski definition) is 2. The number of nitrogens with two attached hydrogens (primary N) is 2. The standard InChI is InChI=1S/C21H27N7O2/c1-27-14-16(20(26-27)17-13-19(22)25-21(23)24-17)12-15-4-2-3-5-18(15)30-11-8-28-6-9-29-10-7-28/h2-5,13-14H,6-12H2,1H3,(H4,22,23,24,25). The number of anilines is 2. The fraction of sp³-hybridized carbons (Fsp3) is 0.381. The van der Waals surface area contributed by atoms with E-state index in [2.05, 4.69) is 26.0 Å². The number of rotatable bonds is 7. The van der Waals surface area contributed by atoms with Gasteiger partial charge in [-0.2, -0.15) is 10.1 Å². The normalized spacial score (nSPS) is 14.7. The van der Waals surface area contributed by atoms with Gasteiger partial charge in [-0.1, -0.05) is 18.2 Å². The Morgan fingerprint density at radius 1 is 1.10 bits per heavy atom. The van der Waals surface area contributed by atoms with Gasteiger partial charge >= 0.3 is 0 Å². The summed E-state index contributed by atoms with van der Waals surface area (Å²) >= 11 is 0. The van der Waals surface area contributed by atoms with E-state index in [0.717, 1.165) is 55.4 Å². The van der Waals surface area contributed by atoms with Crippen LogP contribution in [0.25, 0.3) is 11.4 Å². The number of aryl methyl sites for hydroxylation is 1. The zero-order valence-electron chi connectivity index (χ0n) is 17.1. The third-order valence-electron chi connectivity index (χ3n) is 5.03. The van der Waals surface area contributed by atoms with Gasteiger partial charge in [0.15, 0.2) is 0 Å². The molecule has 0 saturated carbocycles. The highest BCUT2D eigenvalue weighted by atomic mass is 16.5. The molecule has 1 fully saturated rings. The van der Waals surface area contributed by atoms with Gasteiger partial charge in [0.2, 0.25) is 5.95 Å². The molecular weight excluding hydrogens is 382 g/mol. The van der Waals surface area contributed by atoms with Crippen molar-refractivity contribution in [3.63, 3.8) is 0 Å². The molecule has 30 heavy (non-hydrogen) atoms. The van der Waals surface area contributed by atoms with Crippen molar-refractivity contribution in [2.75, 3.05) is 50.9 Å². The van der Waals surface area contributed by atoms with Crippen molar-refractivity contribution in [1.82, 2.24) is 24.6 Å². The lowest BCUT2D eigenvalue weighted by Gasteiger charge is -2.26. The Hall–Kier alpha value is -3.17. The minimum absolute atomic E-state index is 0.133. The second-order valence-electron chi connectivity index (χ2n) is 7.30. The van der Waals surface area contributed by atoms with Crippen LogP contribution in [0, 0.1) is 0 Å². The second kappa shape index (κ2) is 9.10. The fourth-order valence-electron chi connectivity index (χ4n) is 3.59. The lowest BCUT2D eigenvalue weighted by Crippen LogP contribution is -2.38. The van der Waals surface area contributed by atoms with E-state index < -0.39 is 0 Å². The van der Waals surface area contributed by atoms with Crippen LogP contribution in [0.1, 0.15) is 11.1 Å². The molecule has 0 bridgehead atoms. The molecule has 0 radical (unpaired) electrons. The van der Waals surface area contributed by atoms with Gasteiger partial charge in [0, 0.05) is 50.9 Å². The predicted molar refractivity (Wildman–Crippen MR) is 115 cm³/mol. The van der Waals surface area contributed by atoms with Gasteiger partial charge in [0.1, 0.15) is 23.9 Å². The van der Waals surface area contributed by atoms with Crippen LogP contribution in [0.15, 0.2) is 36.5 Å². The quantitative estimate of drug-likeness (QED) is 0.600. The number of nitrogen functional groups attached to an aromatic ring is 2. The van der Waals surface area contributed by atoms with E-state index in [-0.39, 0.29) is 5.95 Å². The monoisotopic (exact) mass is 409 g/mol. The Morgan fingerprint density at radius 3 is 2.70 bits per heavy atom. The van der Waals surface area contributed by atoms with Gasteiger partial charge in [-0.05, 0) is 11.6 Å². The Bertz CT molecular complexity index is 979. The van der Waals surface area contributed by atoms with Crippen LogP contribution in [-0.4, -0.2) is 64.1 Å². The Kier molecular flexibility index (Phi) is 6.10. The maximum absolute atomic E-state index is 6.13. The zero-order chi connectivity index (χ0) is 20.9. The Balaban J connectivity index is 1.51. The highest BCUT2D eigenvalue weighted by molar-refractivity contribution is 5.63. The van der Waals surface area contributed by atoms with Crippen molar-refractivity contribution in [3.8, 4) is 17.1 Å². The summed E-state index contributed by atoms with van der Waals surface area (Å²) < 4.78 is 13.3. The smallest absolute Gasteiger partial charge is 0.222 e. The van der Waals surface area contributed by atoms with Crippen molar-refractivity contribution in [2.45, 2.75) is 6.42 Å². The molecule has 4 rings (SSSR count). The third-order valence-corrected chi connectivity index (χ3v) is 5.03. The van der Waals surface area contributed by atoms with Crippen molar-refractivity contribution in [3.05, 3.63) is 47.7 Å². The van der Waals surface area contributed by atoms with Gasteiger partial charge in [-0.15, -0.1) is 0 Å². The predicted octanol–water partition coefficient (Wildman–Crippen LogP) is 1.34. The van der Waals surface area contributed by atoms with Crippen LogP contribution in [-0.2, 0) is 18.2 Å². The maximum Gasteiger partial charge on any atom is 0.222 e. The summed E-state index contributed by atoms with van der Waals surface area (Å²) in [5.41, 5.74) is 15.1. The summed E-state index contributed by atoms with van der Waals surface area (Å²) in [6.07, 6.45) is 2.63. The molecule has 9 nitrogen and oxygen atoms in total. The van der Waals surface area contributed by atoms with Gasteiger partial charge in [0.05, 0.1) is 18.9 Å².